The summed E-state index contributed by atoms with van der Waals surface area (Å²) in [5.41, 5.74) is 1.80. The zero-order valence-electron chi connectivity index (χ0n) is 9.29. The fourth-order valence-electron chi connectivity index (χ4n) is 1.76. The van der Waals surface area contributed by atoms with Crippen LogP contribution in [0.4, 0.5) is 0 Å². The van der Waals surface area contributed by atoms with Gasteiger partial charge in [-0.15, -0.1) is 0 Å². The molecule has 2 atom stereocenters. The maximum Gasteiger partial charge on any atom is 0.231 e. The summed E-state index contributed by atoms with van der Waals surface area (Å²) in [6.07, 6.45) is 2.54. The van der Waals surface area contributed by atoms with E-state index in [1.807, 2.05) is 19.1 Å². The highest BCUT2D eigenvalue weighted by atomic mass is 16.5. The van der Waals surface area contributed by atoms with Gasteiger partial charge < -0.3 is 4.52 Å². The standard InChI is InChI=1S/C12H10N4O/c1-7-2-3-14-10(4-7)11-15-12(17-16-11)9-5-8(9)6-13/h2-4,8-9H,5H2,1H3. The maximum absolute atomic E-state index is 8.75. The van der Waals surface area contributed by atoms with Gasteiger partial charge in [0, 0.05) is 6.20 Å². The first-order chi connectivity index (χ1) is 8.28. The molecule has 1 fully saturated rings. The van der Waals surface area contributed by atoms with Gasteiger partial charge in [0.2, 0.25) is 11.7 Å². The molecule has 3 rings (SSSR count). The number of aromatic nitrogens is 3. The van der Waals surface area contributed by atoms with Crippen molar-refractivity contribution in [1.29, 1.82) is 5.26 Å². The van der Waals surface area contributed by atoms with Crippen molar-refractivity contribution in [2.24, 2.45) is 5.92 Å². The van der Waals surface area contributed by atoms with Gasteiger partial charge in [0.05, 0.1) is 17.9 Å². The van der Waals surface area contributed by atoms with Crippen molar-refractivity contribution < 1.29 is 4.52 Å². The van der Waals surface area contributed by atoms with Gasteiger partial charge in [0.15, 0.2) is 0 Å². The summed E-state index contributed by atoms with van der Waals surface area (Å²) in [7, 11) is 0. The molecule has 84 valence electrons. The fourth-order valence-corrected chi connectivity index (χ4v) is 1.76. The molecule has 0 aromatic carbocycles. The Balaban J connectivity index is 1.89. The molecule has 1 aliphatic carbocycles. The van der Waals surface area contributed by atoms with E-state index < -0.39 is 0 Å². The highest BCUT2D eigenvalue weighted by Gasteiger charge is 2.43. The lowest BCUT2D eigenvalue weighted by Gasteiger charge is -1.94. The Hall–Kier alpha value is -2.22. The van der Waals surface area contributed by atoms with Crippen LogP contribution >= 0.6 is 0 Å². The van der Waals surface area contributed by atoms with E-state index in [4.69, 9.17) is 9.78 Å². The predicted molar refractivity (Wildman–Crippen MR) is 58.7 cm³/mol. The van der Waals surface area contributed by atoms with Crippen LogP contribution in [-0.4, -0.2) is 15.1 Å². The van der Waals surface area contributed by atoms with Gasteiger partial charge in [-0.25, -0.2) is 0 Å². The largest absolute Gasteiger partial charge is 0.339 e. The Bertz CT molecular complexity index is 599. The maximum atomic E-state index is 8.75. The highest BCUT2D eigenvalue weighted by Crippen LogP contribution is 2.46. The third kappa shape index (κ3) is 1.78. The summed E-state index contributed by atoms with van der Waals surface area (Å²) in [6.45, 7) is 1.98. The number of nitrogens with zero attached hydrogens (tertiary/aromatic N) is 4. The number of aryl methyl sites for hydroxylation is 1. The molecule has 0 bridgehead atoms. The van der Waals surface area contributed by atoms with Crippen molar-refractivity contribution in [2.75, 3.05) is 0 Å². The molecule has 2 aromatic rings. The monoisotopic (exact) mass is 226 g/mol. The molecule has 0 aliphatic heterocycles. The lowest BCUT2D eigenvalue weighted by Crippen LogP contribution is -1.87. The van der Waals surface area contributed by atoms with Gasteiger partial charge in [0.1, 0.15) is 5.69 Å². The average molecular weight is 226 g/mol. The van der Waals surface area contributed by atoms with Crippen LogP contribution in [-0.2, 0) is 0 Å². The van der Waals surface area contributed by atoms with Crippen LogP contribution < -0.4 is 0 Å². The number of rotatable bonds is 2. The Labute approximate surface area is 98.1 Å². The average Bonchev–Trinajstić information content (AvgIpc) is 2.97. The molecular formula is C12H10N4O. The summed E-state index contributed by atoms with van der Waals surface area (Å²) in [5.74, 6) is 1.20. The molecule has 1 saturated carbocycles. The first-order valence-corrected chi connectivity index (χ1v) is 5.44. The zero-order chi connectivity index (χ0) is 11.8. The second kappa shape index (κ2) is 3.67. The first-order valence-electron chi connectivity index (χ1n) is 5.44. The molecule has 2 heterocycles. The Morgan fingerprint density at radius 2 is 2.41 bits per heavy atom. The topological polar surface area (TPSA) is 75.6 Å². The summed E-state index contributed by atoms with van der Waals surface area (Å²) in [5, 5.41) is 12.6. The van der Waals surface area contributed by atoms with E-state index in [2.05, 4.69) is 21.2 Å². The first kappa shape index (κ1) is 9.97. The molecule has 0 radical (unpaired) electrons. The second-order valence-electron chi connectivity index (χ2n) is 4.25. The number of hydrogen-bond acceptors (Lipinski definition) is 5. The van der Waals surface area contributed by atoms with Crippen molar-refractivity contribution >= 4 is 0 Å². The third-order valence-electron chi connectivity index (χ3n) is 2.86. The summed E-state index contributed by atoms with van der Waals surface area (Å²) < 4.78 is 5.16. The molecular weight excluding hydrogens is 216 g/mol. The predicted octanol–water partition coefficient (Wildman–Crippen LogP) is 2.07. The van der Waals surface area contributed by atoms with Crippen molar-refractivity contribution in [3.05, 3.63) is 29.8 Å². The molecule has 2 unspecified atom stereocenters. The number of nitriles is 1. The molecule has 0 amide bonds. The quantitative estimate of drug-likeness (QED) is 0.783. The summed E-state index contributed by atoms with van der Waals surface area (Å²) >= 11 is 0. The molecule has 2 aromatic heterocycles. The van der Waals surface area contributed by atoms with E-state index >= 15 is 0 Å². The smallest absolute Gasteiger partial charge is 0.231 e. The molecule has 17 heavy (non-hydrogen) atoms. The lowest BCUT2D eigenvalue weighted by atomic mass is 10.2. The molecule has 5 heteroatoms. The van der Waals surface area contributed by atoms with Gasteiger partial charge in [-0.3, -0.25) is 4.98 Å². The number of pyridine rings is 1. The van der Waals surface area contributed by atoms with Gasteiger partial charge in [-0.1, -0.05) is 5.16 Å². The van der Waals surface area contributed by atoms with E-state index in [0.717, 1.165) is 12.0 Å². The van der Waals surface area contributed by atoms with Crippen LogP contribution in [0.2, 0.25) is 0 Å². The summed E-state index contributed by atoms with van der Waals surface area (Å²) in [6, 6.07) is 6.02. The Morgan fingerprint density at radius 1 is 1.53 bits per heavy atom. The van der Waals surface area contributed by atoms with Gasteiger partial charge in [0.25, 0.3) is 0 Å². The van der Waals surface area contributed by atoms with E-state index in [9.17, 15) is 0 Å². The van der Waals surface area contributed by atoms with Crippen LogP contribution in [0.1, 0.15) is 23.8 Å². The molecule has 0 N–H and O–H groups in total. The van der Waals surface area contributed by atoms with E-state index in [1.54, 1.807) is 6.20 Å². The Morgan fingerprint density at radius 3 is 3.12 bits per heavy atom. The SMILES string of the molecule is Cc1ccnc(-c2noc(C3CC3C#N)n2)c1. The molecule has 1 aliphatic rings. The lowest BCUT2D eigenvalue weighted by molar-refractivity contribution is 0.378. The van der Waals surface area contributed by atoms with Crippen LogP contribution in [0.3, 0.4) is 0 Å². The minimum absolute atomic E-state index is 0.0359. The third-order valence-corrected chi connectivity index (χ3v) is 2.86. The van der Waals surface area contributed by atoms with E-state index in [1.165, 1.54) is 0 Å². The molecule has 0 spiro atoms. The number of hydrogen-bond donors (Lipinski definition) is 0. The molecule has 0 saturated heterocycles. The normalized spacial score (nSPS) is 22.1. The fraction of sp³-hybridized carbons (Fsp3) is 0.333. The van der Waals surface area contributed by atoms with Gasteiger partial charge >= 0.3 is 0 Å². The van der Waals surface area contributed by atoms with Crippen molar-refractivity contribution in [3.8, 4) is 17.6 Å². The van der Waals surface area contributed by atoms with Crippen LogP contribution in [0, 0.1) is 24.2 Å². The van der Waals surface area contributed by atoms with E-state index in [0.29, 0.717) is 17.4 Å². The Kier molecular flexibility index (Phi) is 2.15. The highest BCUT2D eigenvalue weighted by molar-refractivity contribution is 5.49. The van der Waals surface area contributed by atoms with Crippen molar-refractivity contribution in [1.82, 2.24) is 15.1 Å². The van der Waals surface area contributed by atoms with Crippen LogP contribution in [0.25, 0.3) is 11.5 Å². The molecule has 5 nitrogen and oxygen atoms in total. The minimum atomic E-state index is 0.0359. The second-order valence-corrected chi connectivity index (χ2v) is 4.25. The van der Waals surface area contributed by atoms with Crippen molar-refractivity contribution in [2.45, 2.75) is 19.3 Å². The zero-order valence-corrected chi connectivity index (χ0v) is 9.29. The van der Waals surface area contributed by atoms with Crippen LogP contribution in [0.5, 0.6) is 0 Å². The van der Waals surface area contributed by atoms with Crippen molar-refractivity contribution in [3.63, 3.8) is 0 Å². The van der Waals surface area contributed by atoms with Crippen LogP contribution in [0.15, 0.2) is 22.9 Å². The summed E-state index contributed by atoms with van der Waals surface area (Å²) in [4.78, 5) is 8.48. The van der Waals surface area contributed by atoms with Gasteiger partial charge in [-0.05, 0) is 31.0 Å². The van der Waals surface area contributed by atoms with Gasteiger partial charge in [-0.2, -0.15) is 10.2 Å². The minimum Gasteiger partial charge on any atom is -0.339 e. The van der Waals surface area contributed by atoms with E-state index in [-0.39, 0.29) is 11.8 Å².